The van der Waals surface area contributed by atoms with Gasteiger partial charge in [-0.2, -0.15) is 0 Å². The van der Waals surface area contributed by atoms with Crippen LogP contribution < -0.4 is 9.47 Å². The third-order valence-electron chi connectivity index (χ3n) is 3.59. The van der Waals surface area contributed by atoms with Crippen LogP contribution in [-0.4, -0.2) is 19.2 Å². The predicted octanol–water partition coefficient (Wildman–Crippen LogP) is 6.30. The molecule has 0 N–H and O–H groups in total. The van der Waals surface area contributed by atoms with Gasteiger partial charge in [-0.25, -0.2) is 4.98 Å². The van der Waals surface area contributed by atoms with Gasteiger partial charge in [-0.3, -0.25) is 0 Å². The molecule has 3 aromatic rings. The molecule has 0 radical (unpaired) electrons. The third kappa shape index (κ3) is 3.98. The number of methoxy groups -OCH3 is 2. The highest BCUT2D eigenvalue weighted by atomic mass is 35.5. The van der Waals surface area contributed by atoms with E-state index in [1.165, 1.54) is 0 Å². The molecule has 3 rings (SSSR count). The van der Waals surface area contributed by atoms with Gasteiger partial charge in [0.05, 0.1) is 30.0 Å². The first-order valence-electron chi connectivity index (χ1n) is 7.42. The highest BCUT2D eigenvalue weighted by Crippen LogP contribution is 2.33. The van der Waals surface area contributed by atoms with Crippen LogP contribution in [-0.2, 0) is 0 Å². The Morgan fingerprint density at radius 1 is 1.00 bits per heavy atom. The smallest absolute Gasteiger partial charge is 0.161 e. The second-order valence-electron chi connectivity index (χ2n) is 5.12. The lowest BCUT2D eigenvalue weighted by Gasteiger charge is -2.08. The summed E-state index contributed by atoms with van der Waals surface area (Å²) in [6.45, 7) is 0. The topological polar surface area (TPSA) is 31.4 Å². The highest BCUT2D eigenvalue weighted by molar-refractivity contribution is 7.10. The van der Waals surface area contributed by atoms with E-state index in [4.69, 9.17) is 32.7 Å². The molecule has 0 aliphatic rings. The summed E-state index contributed by atoms with van der Waals surface area (Å²) in [5.41, 5.74) is 2.70. The van der Waals surface area contributed by atoms with Crippen LogP contribution >= 0.6 is 34.5 Å². The van der Waals surface area contributed by atoms with E-state index in [1.54, 1.807) is 31.6 Å². The van der Waals surface area contributed by atoms with Crippen molar-refractivity contribution in [3.63, 3.8) is 0 Å². The minimum Gasteiger partial charge on any atom is -0.493 e. The number of hydrogen-bond donors (Lipinski definition) is 0. The molecule has 3 nitrogen and oxygen atoms in total. The molecule has 6 heteroatoms. The fourth-order valence-electron chi connectivity index (χ4n) is 2.30. The number of thiazole rings is 1. The molecule has 25 heavy (non-hydrogen) atoms. The quantitative estimate of drug-likeness (QED) is 0.510. The van der Waals surface area contributed by atoms with Gasteiger partial charge in [0, 0.05) is 10.9 Å². The van der Waals surface area contributed by atoms with Gasteiger partial charge in [0.15, 0.2) is 11.5 Å². The van der Waals surface area contributed by atoms with Gasteiger partial charge in [0.1, 0.15) is 5.01 Å². The van der Waals surface area contributed by atoms with Gasteiger partial charge in [-0.05, 0) is 35.9 Å². The number of benzene rings is 2. The van der Waals surface area contributed by atoms with Crippen LogP contribution in [0.25, 0.3) is 23.4 Å². The van der Waals surface area contributed by atoms with Crippen molar-refractivity contribution in [2.45, 2.75) is 0 Å². The van der Waals surface area contributed by atoms with Gasteiger partial charge in [0.25, 0.3) is 0 Å². The zero-order valence-electron chi connectivity index (χ0n) is 13.6. The normalized spacial score (nSPS) is 11.0. The molecular weight excluding hydrogens is 377 g/mol. The van der Waals surface area contributed by atoms with E-state index in [1.807, 2.05) is 47.9 Å². The van der Waals surface area contributed by atoms with E-state index in [0.29, 0.717) is 21.5 Å². The van der Waals surface area contributed by atoms with Gasteiger partial charge in [0.2, 0.25) is 0 Å². The largest absolute Gasteiger partial charge is 0.493 e. The summed E-state index contributed by atoms with van der Waals surface area (Å²) in [4.78, 5) is 4.64. The summed E-state index contributed by atoms with van der Waals surface area (Å²) >= 11 is 13.8. The van der Waals surface area contributed by atoms with E-state index in [-0.39, 0.29) is 0 Å². The van der Waals surface area contributed by atoms with Crippen molar-refractivity contribution in [1.29, 1.82) is 0 Å². The Kier molecular flexibility index (Phi) is 5.63. The average Bonchev–Trinajstić information content (AvgIpc) is 3.11. The Labute approximate surface area is 160 Å². The van der Waals surface area contributed by atoms with E-state index in [0.717, 1.165) is 21.8 Å². The Bertz CT molecular complexity index is 922. The SMILES string of the molecule is COc1ccc(-c2csc(C=Cc3cccc(Cl)c3Cl)n2)cc1OC. The van der Waals surface area contributed by atoms with E-state index < -0.39 is 0 Å². The summed E-state index contributed by atoms with van der Waals surface area (Å²) < 4.78 is 10.6. The lowest BCUT2D eigenvalue weighted by molar-refractivity contribution is 0.355. The second-order valence-corrected chi connectivity index (χ2v) is 6.79. The average molecular weight is 392 g/mol. The summed E-state index contributed by atoms with van der Waals surface area (Å²) in [7, 11) is 3.23. The van der Waals surface area contributed by atoms with Crippen LogP contribution in [0.2, 0.25) is 10.0 Å². The fourth-order valence-corrected chi connectivity index (χ4v) is 3.39. The van der Waals surface area contributed by atoms with Crippen molar-refractivity contribution in [1.82, 2.24) is 4.98 Å². The minimum absolute atomic E-state index is 0.536. The molecule has 2 aromatic carbocycles. The van der Waals surface area contributed by atoms with Crippen LogP contribution in [0.5, 0.6) is 11.5 Å². The molecule has 0 unspecified atom stereocenters. The van der Waals surface area contributed by atoms with Gasteiger partial charge in [-0.15, -0.1) is 11.3 Å². The molecule has 0 fully saturated rings. The van der Waals surface area contributed by atoms with E-state index in [2.05, 4.69) is 4.98 Å². The van der Waals surface area contributed by atoms with Crippen LogP contribution in [0.15, 0.2) is 41.8 Å². The summed E-state index contributed by atoms with van der Waals surface area (Å²) in [5, 5.41) is 3.95. The molecule has 0 aliphatic carbocycles. The molecule has 1 aromatic heterocycles. The first-order chi connectivity index (χ1) is 12.1. The number of hydrogen-bond acceptors (Lipinski definition) is 4. The molecule has 0 bridgehead atoms. The van der Waals surface area contributed by atoms with Gasteiger partial charge >= 0.3 is 0 Å². The highest BCUT2D eigenvalue weighted by Gasteiger charge is 2.09. The van der Waals surface area contributed by atoms with Crippen LogP contribution in [0, 0.1) is 0 Å². The summed E-state index contributed by atoms with van der Waals surface area (Å²) in [6.07, 6.45) is 3.83. The number of ether oxygens (including phenoxy) is 2. The maximum Gasteiger partial charge on any atom is 0.161 e. The molecular formula is C19H15Cl2NO2S. The minimum atomic E-state index is 0.536. The number of halogens is 2. The van der Waals surface area contributed by atoms with Gasteiger partial charge in [-0.1, -0.05) is 41.4 Å². The zero-order chi connectivity index (χ0) is 17.8. The molecule has 0 aliphatic heterocycles. The molecule has 0 amide bonds. The number of rotatable bonds is 5. The fraction of sp³-hybridized carbons (Fsp3) is 0.105. The van der Waals surface area contributed by atoms with Gasteiger partial charge < -0.3 is 9.47 Å². The number of aromatic nitrogens is 1. The van der Waals surface area contributed by atoms with Crippen molar-refractivity contribution in [2.75, 3.05) is 14.2 Å². The van der Waals surface area contributed by atoms with Crippen molar-refractivity contribution in [2.24, 2.45) is 0 Å². The molecule has 1 heterocycles. The third-order valence-corrected chi connectivity index (χ3v) is 5.23. The van der Waals surface area contributed by atoms with Crippen molar-refractivity contribution in [3.8, 4) is 22.8 Å². The molecule has 0 atom stereocenters. The molecule has 0 spiro atoms. The van der Waals surface area contributed by atoms with E-state index >= 15 is 0 Å². The summed E-state index contributed by atoms with van der Waals surface area (Å²) in [5.74, 6) is 1.37. The van der Waals surface area contributed by atoms with Crippen LogP contribution in [0.4, 0.5) is 0 Å². The first-order valence-corrected chi connectivity index (χ1v) is 9.06. The van der Waals surface area contributed by atoms with Crippen molar-refractivity contribution < 1.29 is 9.47 Å². The molecule has 0 saturated heterocycles. The van der Waals surface area contributed by atoms with Crippen LogP contribution in [0.1, 0.15) is 10.6 Å². The maximum absolute atomic E-state index is 6.20. The predicted molar refractivity (Wildman–Crippen MR) is 106 cm³/mol. The molecule has 128 valence electrons. The Hall–Kier alpha value is -2.01. The zero-order valence-corrected chi connectivity index (χ0v) is 16.0. The second kappa shape index (κ2) is 7.91. The lowest BCUT2D eigenvalue weighted by Crippen LogP contribution is -1.90. The Morgan fingerprint density at radius 2 is 1.80 bits per heavy atom. The van der Waals surface area contributed by atoms with Crippen LogP contribution in [0.3, 0.4) is 0 Å². The first kappa shape index (κ1) is 17.8. The Morgan fingerprint density at radius 3 is 2.56 bits per heavy atom. The number of nitrogens with zero attached hydrogens (tertiary/aromatic N) is 1. The standard InChI is InChI=1S/C19H15Cl2NO2S/c1-23-16-8-6-13(10-17(16)24-2)15-11-25-18(22-15)9-7-12-4-3-5-14(20)19(12)21/h3-11H,1-2H3. The van der Waals surface area contributed by atoms with E-state index in [9.17, 15) is 0 Å². The summed E-state index contributed by atoms with van der Waals surface area (Å²) in [6, 6.07) is 11.3. The molecule has 0 saturated carbocycles. The maximum atomic E-state index is 6.20. The van der Waals surface area contributed by atoms with Crippen molar-refractivity contribution in [3.05, 3.63) is 62.4 Å². The monoisotopic (exact) mass is 391 g/mol. The Balaban J connectivity index is 1.85. The lowest BCUT2D eigenvalue weighted by atomic mass is 10.1. The van der Waals surface area contributed by atoms with Crippen molar-refractivity contribution >= 4 is 46.7 Å².